The highest BCUT2D eigenvalue weighted by Crippen LogP contribution is 2.20. The third kappa shape index (κ3) is 8.43. The molecule has 0 radical (unpaired) electrons. The van der Waals surface area contributed by atoms with Gasteiger partial charge in [0, 0.05) is 32.2 Å². The van der Waals surface area contributed by atoms with E-state index < -0.39 is 6.61 Å². The van der Waals surface area contributed by atoms with Crippen molar-refractivity contribution in [3.05, 3.63) is 65.2 Å². The van der Waals surface area contributed by atoms with Crippen LogP contribution < -0.4 is 15.4 Å². The Balaban J connectivity index is 0.00000450. The van der Waals surface area contributed by atoms with Gasteiger partial charge >= 0.3 is 6.61 Å². The van der Waals surface area contributed by atoms with Crippen molar-refractivity contribution in [3.8, 4) is 5.75 Å². The number of halogens is 3. The molecular formula is C22H31F2IN4O. The van der Waals surface area contributed by atoms with Gasteiger partial charge < -0.3 is 15.4 Å². The van der Waals surface area contributed by atoms with Crippen LogP contribution in [-0.4, -0.2) is 37.6 Å². The van der Waals surface area contributed by atoms with E-state index in [1.165, 1.54) is 17.2 Å². The minimum Gasteiger partial charge on any atom is -0.434 e. The fourth-order valence-corrected chi connectivity index (χ4v) is 3.01. The monoisotopic (exact) mass is 532 g/mol. The van der Waals surface area contributed by atoms with Crippen molar-refractivity contribution in [2.45, 2.75) is 40.1 Å². The summed E-state index contributed by atoms with van der Waals surface area (Å²) < 4.78 is 29.7. The van der Waals surface area contributed by atoms with E-state index in [-0.39, 0.29) is 29.7 Å². The van der Waals surface area contributed by atoms with Crippen molar-refractivity contribution in [2.75, 3.05) is 20.1 Å². The minimum absolute atomic E-state index is 0. The lowest BCUT2D eigenvalue weighted by molar-refractivity contribution is -0.0504. The average Bonchev–Trinajstić information content (AvgIpc) is 2.73. The third-order valence-corrected chi connectivity index (χ3v) is 4.71. The first kappa shape index (κ1) is 26.1. The van der Waals surface area contributed by atoms with Crippen molar-refractivity contribution >= 4 is 29.9 Å². The molecule has 8 heteroatoms. The molecular weight excluding hydrogens is 501 g/mol. The SMILES string of the molecule is CCN(CC)Cc1ccccc1CNC(=NC)NCc1ccccc1OC(F)F.I. The molecule has 0 fully saturated rings. The molecule has 0 atom stereocenters. The Labute approximate surface area is 194 Å². The summed E-state index contributed by atoms with van der Waals surface area (Å²) in [5.41, 5.74) is 3.11. The summed E-state index contributed by atoms with van der Waals surface area (Å²) >= 11 is 0. The highest BCUT2D eigenvalue weighted by molar-refractivity contribution is 14.0. The van der Waals surface area contributed by atoms with Crippen LogP contribution in [0.2, 0.25) is 0 Å². The molecule has 0 heterocycles. The van der Waals surface area contributed by atoms with Crippen molar-refractivity contribution < 1.29 is 13.5 Å². The van der Waals surface area contributed by atoms with Crippen LogP contribution in [0.25, 0.3) is 0 Å². The summed E-state index contributed by atoms with van der Waals surface area (Å²) in [7, 11) is 1.68. The zero-order chi connectivity index (χ0) is 21.1. The maximum Gasteiger partial charge on any atom is 0.387 e. The van der Waals surface area contributed by atoms with E-state index in [4.69, 9.17) is 0 Å². The molecule has 0 aliphatic carbocycles. The lowest BCUT2D eigenvalue weighted by Crippen LogP contribution is -2.36. The first-order valence-corrected chi connectivity index (χ1v) is 9.83. The van der Waals surface area contributed by atoms with Gasteiger partial charge in [0.1, 0.15) is 5.75 Å². The molecule has 0 saturated heterocycles. The third-order valence-electron chi connectivity index (χ3n) is 4.71. The van der Waals surface area contributed by atoms with Gasteiger partial charge in [0.25, 0.3) is 0 Å². The lowest BCUT2D eigenvalue weighted by atomic mass is 10.1. The van der Waals surface area contributed by atoms with Crippen LogP contribution in [0.15, 0.2) is 53.5 Å². The molecule has 0 unspecified atom stereocenters. The van der Waals surface area contributed by atoms with Crippen LogP contribution in [0.4, 0.5) is 8.78 Å². The summed E-state index contributed by atoms with van der Waals surface area (Å²) in [5.74, 6) is 0.754. The zero-order valence-corrected chi connectivity index (χ0v) is 20.0. The quantitative estimate of drug-likeness (QED) is 0.267. The molecule has 166 valence electrons. The van der Waals surface area contributed by atoms with Crippen LogP contribution in [-0.2, 0) is 19.6 Å². The molecule has 0 spiro atoms. The number of hydrogen-bond donors (Lipinski definition) is 2. The van der Waals surface area contributed by atoms with E-state index in [1.807, 2.05) is 6.07 Å². The fourth-order valence-electron chi connectivity index (χ4n) is 3.01. The molecule has 5 nitrogen and oxygen atoms in total. The van der Waals surface area contributed by atoms with Gasteiger partial charge in [0.05, 0.1) is 0 Å². The second kappa shape index (κ2) is 14.1. The zero-order valence-electron chi connectivity index (χ0n) is 17.7. The van der Waals surface area contributed by atoms with Crippen molar-refractivity contribution in [1.82, 2.24) is 15.5 Å². The number of aliphatic imine (C=N–C) groups is 1. The van der Waals surface area contributed by atoms with E-state index in [1.54, 1.807) is 25.2 Å². The number of benzene rings is 2. The van der Waals surface area contributed by atoms with Gasteiger partial charge in [-0.3, -0.25) is 9.89 Å². The second-order valence-electron chi connectivity index (χ2n) is 6.50. The van der Waals surface area contributed by atoms with Gasteiger partial charge in [0.15, 0.2) is 5.96 Å². The first-order chi connectivity index (χ1) is 14.1. The summed E-state index contributed by atoms with van der Waals surface area (Å²) in [4.78, 5) is 6.59. The Morgan fingerprint density at radius 3 is 2.03 bits per heavy atom. The van der Waals surface area contributed by atoms with Crippen molar-refractivity contribution in [3.63, 3.8) is 0 Å². The van der Waals surface area contributed by atoms with Crippen LogP contribution in [0, 0.1) is 0 Å². The highest BCUT2D eigenvalue weighted by atomic mass is 127. The summed E-state index contributed by atoms with van der Waals surface area (Å²) in [6.45, 7) is 5.31. The van der Waals surface area contributed by atoms with Crippen LogP contribution in [0.3, 0.4) is 0 Å². The largest absolute Gasteiger partial charge is 0.434 e. The molecule has 0 aliphatic heterocycles. The van der Waals surface area contributed by atoms with Crippen molar-refractivity contribution in [2.24, 2.45) is 4.99 Å². The molecule has 0 bridgehead atoms. The van der Waals surface area contributed by atoms with Crippen LogP contribution >= 0.6 is 24.0 Å². The predicted molar refractivity (Wildman–Crippen MR) is 129 cm³/mol. The Morgan fingerprint density at radius 1 is 0.933 bits per heavy atom. The smallest absolute Gasteiger partial charge is 0.387 e. The second-order valence-corrected chi connectivity index (χ2v) is 6.50. The number of nitrogens with one attached hydrogen (secondary N) is 2. The van der Waals surface area contributed by atoms with Crippen LogP contribution in [0.1, 0.15) is 30.5 Å². The molecule has 0 saturated carbocycles. The molecule has 0 aromatic heterocycles. The van der Waals surface area contributed by atoms with Gasteiger partial charge in [-0.1, -0.05) is 56.3 Å². The normalized spacial score (nSPS) is 11.4. The molecule has 2 N–H and O–H groups in total. The Bertz CT molecular complexity index is 785. The predicted octanol–water partition coefficient (Wildman–Crippen LogP) is 4.61. The highest BCUT2D eigenvalue weighted by Gasteiger charge is 2.10. The maximum atomic E-state index is 12.6. The number of guanidine groups is 1. The number of nitrogens with zero attached hydrogens (tertiary/aromatic N) is 2. The van der Waals surface area contributed by atoms with Gasteiger partial charge in [-0.25, -0.2) is 0 Å². The minimum atomic E-state index is -2.85. The number of hydrogen-bond acceptors (Lipinski definition) is 3. The number of alkyl halides is 2. The molecule has 2 aromatic carbocycles. The van der Waals surface area contributed by atoms with E-state index >= 15 is 0 Å². The van der Waals surface area contributed by atoms with Gasteiger partial charge in [-0.2, -0.15) is 8.78 Å². The Kier molecular flexibility index (Phi) is 12.3. The van der Waals surface area contributed by atoms with Gasteiger partial charge in [-0.05, 0) is 30.3 Å². The average molecular weight is 532 g/mol. The summed E-state index contributed by atoms with van der Waals surface area (Å²) in [6, 6.07) is 15.1. The van der Waals surface area contributed by atoms with Gasteiger partial charge in [0.2, 0.25) is 0 Å². The van der Waals surface area contributed by atoms with E-state index in [0.717, 1.165) is 19.6 Å². The topological polar surface area (TPSA) is 48.9 Å². The van der Waals surface area contributed by atoms with E-state index in [2.05, 4.69) is 57.3 Å². The molecule has 2 rings (SSSR count). The molecule has 0 amide bonds. The first-order valence-electron chi connectivity index (χ1n) is 9.83. The fraction of sp³-hybridized carbons (Fsp3) is 0.409. The summed E-state index contributed by atoms with van der Waals surface area (Å²) in [6.07, 6.45) is 0. The number of para-hydroxylation sites is 1. The van der Waals surface area contributed by atoms with Crippen molar-refractivity contribution in [1.29, 1.82) is 0 Å². The molecule has 2 aromatic rings. The standard InChI is InChI=1S/C22H30F2N4O.HI/c1-4-28(5-2)16-19-12-7-6-10-17(19)14-26-22(25-3)27-15-18-11-8-9-13-20(18)29-21(23)24;/h6-13,21H,4-5,14-16H2,1-3H3,(H2,25,26,27);1H. The maximum absolute atomic E-state index is 12.6. The van der Waals surface area contributed by atoms with Gasteiger partial charge in [-0.15, -0.1) is 24.0 Å². The lowest BCUT2D eigenvalue weighted by Gasteiger charge is -2.21. The Morgan fingerprint density at radius 2 is 1.47 bits per heavy atom. The Hall–Kier alpha value is -1.94. The van der Waals surface area contributed by atoms with Crippen LogP contribution in [0.5, 0.6) is 5.75 Å². The summed E-state index contributed by atoms with van der Waals surface area (Å²) in [5, 5.41) is 6.45. The molecule has 0 aliphatic rings. The number of rotatable bonds is 10. The van der Waals surface area contributed by atoms with E-state index in [0.29, 0.717) is 24.6 Å². The molecule has 30 heavy (non-hydrogen) atoms. The number of ether oxygens (including phenoxy) is 1. The van der Waals surface area contributed by atoms with E-state index in [9.17, 15) is 8.78 Å².